The molecule has 4 heteroatoms. The smallest absolute Gasteiger partial charge is 0.212 e. The Morgan fingerprint density at radius 3 is 2.87 bits per heavy atom. The van der Waals surface area contributed by atoms with Crippen LogP contribution in [0.15, 0.2) is 29.1 Å². The van der Waals surface area contributed by atoms with Gasteiger partial charge in [0.1, 0.15) is 5.69 Å². The third-order valence-corrected chi connectivity index (χ3v) is 2.79. The minimum Gasteiger partial charge on any atom is -0.398 e. The molecule has 0 atom stereocenters. The fourth-order valence-electron chi connectivity index (χ4n) is 1.25. The summed E-state index contributed by atoms with van der Waals surface area (Å²) in [5.41, 5.74) is 10.1. The van der Waals surface area contributed by atoms with Crippen LogP contribution in [0.1, 0.15) is 21.6 Å². The van der Waals surface area contributed by atoms with Crippen LogP contribution in [0.2, 0.25) is 0 Å². The number of aromatic nitrogens is 1. The molecule has 0 saturated heterocycles. The number of carbonyl (C=O) groups is 1. The van der Waals surface area contributed by atoms with Crippen molar-refractivity contribution in [1.29, 1.82) is 0 Å². The number of rotatable bonds is 2. The Morgan fingerprint density at radius 2 is 2.27 bits per heavy atom. The van der Waals surface area contributed by atoms with Crippen molar-refractivity contribution < 1.29 is 4.79 Å². The standard InChI is InChI=1S/C11H10N2OS/c1-7-2-3-8(4-9(7)12)11(14)10-5-15-6-13-10/h2-6H,12H2,1H3. The number of benzene rings is 1. The molecule has 0 radical (unpaired) electrons. The zero-order valence-corrected chi connectivity index (χ0v) is 9.04. The molecular formula is C11H10N2OS. The van der Waals surface area contributed by atoms with E-state index in [4.69, 9.17) is 5.73 Å². The van der Waals surface area contributed by atoms with Gasteiger partial charge in [-0.2, -0.15) is 0 Å². The van der Waals surface area contributed by atoms with Crippen LogP contribution >= 0.6 is 11.3 Å². The number of hydrogen-bond donors (Lipinski definition) is 1. The number of carbonyl (C=O) groups excluding carboxylic acids is 1. The topological polar surface area (TPSA) is 56.0 Å². The largest absolute Gasteiger partial charge is 0.398 e. The van der Waals surface area contributed by atoms with Crippen molar-refractivity contribution in [2.45, 2.75) is 6.92 Å². The first-order chi connectivity index (χ1) is 7.18. The van der Waals surface area contributed by atoms with Crippen LogP contribution in [0, 0.1) is 6.92 Å². The quantitative estimate of drug-likeness (QED) is 0.621. The molecule has 0 aliphatic carbocycles. The fraction of sp³-hybridized carbons (Fsp3) is 0.0909. The van der Waals surface area contributed by atoms with E-state index in [1.165, 1.54) is 11.3 Å². The molecule has 0 aliphatic rings. The molecule has 76 valence electrons. The monoisotopic (exact) mass is 218 g/mol. The van der Waals surface area contributed by atoms with E-state index in [1.807, 2.05) is 13.0 Å². The van der Waals surface area contributed by atoms with E-state index in [0.29, 0.717) is 16.9 Å². The maximum Gasteiger partial charge on any atom is 0.212 e. The Hall–Kier alpha value is -1.68. The van der Waals surface area contributed by atoms with E-state index in [9.17, 15) is 4.79 Å². The van der Waals surface area contributed by atoms with Gasteiger partial charge in [-0.05, 0) is 18.6 Å². The van der Waals surface area contributed by atoms with Gasteiger partial charge in [0.15, 0.2) is 0 Å². The maximum absolute atomic E-state index is 11.9. The highest BCUT2D eigenvalue weighted by atomic mass is 32.1. The van der Waals surface area contributed by atoms with E-state index >= 15 is 0 Å². The second-order valence-electron chi connectivity index (χ2n) is 3.27. The Kier molecular flexibility index (Phi) is 2.51. The fourth-order valence-corrected chi connectivity index (χ4v) is 1.79. The first kappa shape index (κ1) is 9.86. The minimum atomic E-state index is -0.0806. The molecule has 0 unspecified atom stereocenters. The van der Waals surface area contributed by atoms with Gasteiger partial charge in [0.05, 0.1) is 5.51 Å². The van der Waals surface area contributed by atoms with E-state index in [-0.39, 0.29) is 5.78 Å². The van der Waals surface area contributed by atoms with Gasteiger partial charge in [0, 0.05) is 16.6 Å². The number of aryl methyl sites for hydroxylation is 1. The average molecular weight is 218 g/mol. The maximum atomic E-state index is 11.9. The molecule has 2 N–H and O–H groups in total. The van der Waals surface area contributed by atoms with Crippen LogP contribution in [-0.4, -0.2) is 10.8 Å². The lowest BCUT2D eigenvalue weighted by molar-refractivity contribution is 0.103. The van der Waals surface area contributed by atoms with Crippen molar-refractivity contribution >= 4 is 22.8 Å². The molecule has 0 fully saturated rings. The SMILES string of the molecule is Cc1ccc(C(=O)c2cscn2)cc1N. The van der Waals surface area contributed by atoms with Crippen molar-refractivity contribution in [2.24, 2.45) is 0 Å². The van der Waals surface area contributed by atoms with Crippen molar-refractivity contribution in [3.05, 3.63) is 45.9 Å². The lowest BCUT2D eigenvalue weighted by atomic mass is 10.1. The average Bonchev–Trinajstić information content (AvgIpc) is 2.74. The second-order valence-corrected chi connectivity index (χ2v) is 3.99. The molecular weight excluding hydrogens is 208 g/mol. The number of ketones is 1. The molecule has 0 amide bonds. The second kappa shape index (κ2) is 3.82. The normalized spacial score (nSPS) is 10.2. The van der Waals surface area contributed by atoms with Crippen LogP contribution in [0.4, 0.5) is 5.69 Å². The summed E-state index contributed by atoms with van der Waals surface area (Å²) in [7, 11) is 0. The third-order valence-electron chi connectivity index (χ3n) is 2.21. The molecule has 1 aromatic heterocycles. The molecule has 2 rings (SSSR count). The number of thiazole rings is 1. The Labute approximate surface area is 91.6 Å². The number of nitrogens with two attached hydrogens (primary N) is 1. The van der Waals surface area contributed by atoms with E-state index in [0.717, 1.165) is 5.56 Å². The highest BCUT2D eigenvalue weighted by Crippen LogP contribution is 2.16. The van der Waals surface area contributed by atoms with E-state index < -0.39 is 0 Å². The van der Waals surface area contributed by atoms with E-state index in [1.54, 1.807) is 23.0 Å². The van der Waals surface area contributed by atoms with Crippen molar-refractivity contribution in [1.82, 2.24) is 4.98 Å². The molecule has 1 heterocycles. The molecule has 15 heavy (non-hydrogen) atoms. The van der Waals surface area contributed by atoms with Crippen LogP contribution in [0.25, 0.3) is 0 Å². The minimum absolute atomic E-state index is 0.0806. The predicted molar refractivity (Wildman–Crippen MR) is 61.1 cm³/mol. The lowest BCUT2D eigenvalue weighted by Gasteiger charge is -2.02. The molecule has 2 aromatic rings. The number of anilines is 1. The summed E-state index contributed by atoms with van der Waals surface area (Å²) < 4.78 is 0. The third kappa shape index (κ3) is 1.89. The first-order valence-corrected chi connectivity index (χ1v) is 5.42. The van der Waals surface area contributed by atoms with Crippen LogP contribution in [0.3, 0.4) is 0 Å². The van der Waals surface area contributed by atoms with Gasteiger partial charge in [-0.15, -0.1) is 11.3 Å². The summed E-state index contributed by atoms with van der Waals surface area (Å²) in [6.45, 7) is 1.91. The van der Waals surface area contributed by atoms with Gasteiger partial charge in [-0.3, -0.25) is 4.79 Å². The first-order valence-electron chi connectivity index (χ1n) is 4.47. The molecule has 0 aliphatic heterocycles. The highest BCUT2D eigenvalue weighted by Gasteiger charge is 2.11. The van der Waals surface area contributed by atoms with Gasteiger partial charge < -0.3 is 5.73 Å². The van der Waals surface area contributed by atoms with Crippen molar-refractivity contribution in [2.75, 3.05) is 5.73 Å². The van der Waals surface area contributed by atoms with Gasteiger partial charge >= 0.3 is 0 Å². The molecule has 1 aromatic carbocycles. The number of hydrogen-bond acceptors (Lipinski definition) is 4. The Bertz CT molecular complexity index is 491. The zero-order valence-electron chi connectivity index (χ0n) is 8.23. The van der Waals surface area contributed by atoms with Crippen LogP contribution < -0.4 is 5.73 Å². The van der Waals surface area contributed by atoms with Gasteiger partial charge in [0.25, 0.3) is 0 Å². The predicted octanol–water partition coefficient (Wildman–Crippen LogP) is 2.26. The summed E-state index contributed by atoms with van der Waals surface area (Å²) in [4.78, 5) is 15.8. The summed E-state index contributed by atoms with van der Waals surface area (Å²) in [6.07, 6.45) is 0. The van der Waals surface area contributed by atoms with Crippen LogP contribution in [0.5, 0.6) is 0 Å². The summed E-state index contributed by atoms with van der Waals surface area (Å²) in [6, 6.07) is 5.30. The molecule has 0 saturated carbocycles. The number of nitrogens with zero attached hydrogens (tertiary/aromatic N) is 1. The highest BCUT2D eigenvalue weighted by molar-refractivity contribution is 7.07. The van der Waals surface area contributed by atoms with Gasteiger partial charge in [-0.25, -0.2) is 4.98 Å². The zero-order chi connectivity index (χ0) is 10.8. The molecule has 3 nitrogen and oxygen atoms in total. The number of nitrogen functional groups attached to an aromatic ring is 1. The summed E-state index contributed by atoms with van der Waals surface area (Å²) in [5, 5.41) is 1.73. The van der Waals surface area contributed by atoms with Crippen molar-refractivity contribution in [3.8, 4) is 0 Å². The summed E-state index contributed by atoms with van der Waals surface area (Å²) in [5.74, 6) is -0.0806. The lowest BCUT2D eigenvalue weighted by Crippen LogP contribution is -2.03. The van der Waals surface area contributed by atoms with Gasteiger partial charge in [-0.1, -0.05) is 12.1 Å². The Morgan fingerprint density at radius 1 is 1.47 bits per heavy atom. The van der Waals surface area contributed by atoms with E-state index in [2.05, 4.69) is 4.98 Å². The van der Waals surface area contributed by atoms with Crippen LogP contribution in [-0.2, 0) is 0 Å². The van der Waals surface area contributed by atoms with Gasteiger partial charge in [0.2, 0.25) is 5.78 Å². The van der Waals surface area contributed by atoms with Crippen molar-refractivity contribution in [3.63, 3.8) is 0 Å². The summed E-state index contributed by atoms with van der Waals surface area (Å²) >= 11 is 1.41. The Balaban J connectivity index is 2.39. The molecule has 0 spiro atoms. The molecule has 0 bridgehead atoms.